The molecule has 0 saturated heterocycles. The first-order chi connectivity index (χ1) is 9.23. The minimum atomic E-state index is -0.0426. The second-order valence-corrected chi connectivity index (χ2v) is 5.91. The predicted molar refractivity (Wildman–Crippen MR) is 83.2 cm³/mol. The Morgan fingerprint density at radius 1 is 1.35 bits per heavy atom. The zero-order valence-corrected chi connectivity index (χ0v) is 13.7. The van der Waals surface area contributed by atoms with Crippen molar-refractivity contribution in [2.45, 2.75) is 59.8 Å². The Kier molecular flexibility index (Phi) is 5.60. The fraction of sp³-hybridized carbons (Fsp3) is 0.733. The molecule has 0 radical (unpaired) electrons. The maximum atomic E-state index is 11.8. The first-order valence-corrected chi connectivity index (χ1v) is 7.29. The standard InChI is InChI=1S/C15H28N4O/c1-10(2)12(4)16-15(20)9-8-11(3)19-14(6)18(7)13(5)17-19/h8-12,14H,1-7H3,(H,16,20)/b9-8-. The van der Waals surface area contributed by atoms with Crippen LogP contribution in [0.4, 0.5) is 0 Å². The van der Waals surface area contributed by atoms with Gasteiger partial charge in [-0.1, -0.05) is 19.9 Å². The smallest absolute Gasteiger partial charge is 0.243 e. The quantitative estimate of drug-likeness (QED) is 0.784. The van der Waals surface area contributed by atoms with Crippen LogP contribution in [0, 0.1) is 5.92 Å². The lowest BCUT2D eigenvalue weighted by Crippen LogP contribution is -2.40. The van der Waals surface area contributed by atoms with Crippen LogP contribution in [-0.4, -0.2) is 46.9 Å². The second-order valence-electron chi connectivity index (χ2n) is 5.91. The summed E-state index contributed by atoms with van der Waals surface area (Å²) < 4.78 is 0. The van der Waals surface area contributed by atoms with Gasteiger partial charge in [-0.2, -0.15) is 5.10 Å². The highest BCUT2D eigenvalue weighted by atomic mass is 16.1. The molecule has 1 heterocycles. The minimum Gasteiger partial charge on any atom is -0.350 e. The second kappa shape index (κ2) is 6.77. The molecule has 3 atom stereocenters. The van der Waals surface area contributed by atoms with E-state index in [4.69, 9.17) is 0 Å². The highest BCUT2D eigenvalue weighted by Gasteiger charge is 2.27. The Morgan fingerprint density at radius 2 is 1.95 bits per heavy atom. The molecule has 1 amide bonds. The molecular weight excluding hydrogens is 252 g/mol. The van der Waals surface area contributed by atoms with E-state index in [-0.39, 0.29) is 24.2 Å². The molecule has 0 aromatic carbocycles. The monoisotopic (exact) mass is 280 g/mol. The lowest BCUT2D eigenvalue weighted by atomic mass is 10.1. The maximum Gasteiger partial charge on any atom is 0.243 e. The van der Waals surface area contributed by atoms with E-state index in [1.165, 1.54) is 0 Å². The van der Waals surface area contributed by atoms with Crippen LogP contribution in [0.5, 0.6) is 0 Å². The zero-order chi connectivity index (χ0) is 15.4. The molecule has 0 aliphatic carbocycles. The van der Waals surface area contributed by atoms with E-state index in [2.05, 4.69) is 36.1 Å². The number of hydrazone groups is 1. The number of rotatable bonds is 5. The molecule has 114 valence electrons. The Bertz CT molecular complexity index is 403. The molecule has 5 heteroatoms. The Morgan fingerprint density at radius 3 is 2.40 bits per heavy atom. The molecule has 0 aromatic heterocycles. The van der Waals surface area contributed by atoms with Crippen LogP contribution in [0.2, 0.25) is 0 Å². The Hall–Kier alpha value is -1.52. The van der Waals surface area contributed by atoms with Crippen molar-refractivity contribution >= 4 is 11.7 Å². The van der Waals surface area contributed by atoms with Crippen LogP contribution in [0.25, 0.3) is 0 Å². The van der Waals surface area contributed by atoms with Crippen molar-refractivity contribution in [3.63, 3.8) is 0 Å². The summed E-state index contributed by atoms with van der Waals surface area (Å²) in [6.45, 7) is 12.3. The molecule has 1 aliphatic rings. The Labute approximate surface area is 122 Å². The topological polar surface area (TPSA) is 47.9 Å². The molecule has 3 unspecified atom stereocenters. The summed E-state index contributed by atoms with van der Waals surface area (Å²) in [6, 6.07) is 0.268. The highest BCUT2D eigenvalue weighted by molar-refractivity contribution is 5.87. The normalized spacial score (nSPS) is 22.4. The van der Waals surface area contributed by atoms with E-state index in [1.807, 2.05) is 38.9 Å². The van der Waals surface area contributed by atoms with Crippen molar-refractivity contribution < 1.29 is 4.79 Å². The van der Waals surface area contributed by atoms with Gasteiger partial charge >= 0.3 is 0 Å². The van der Waals surface area contributed by atoms with Gasteiger partial charge < -0.3 is 10.2 Å². The van der Waals surface area contributed by atoms with Crippen LogP contribution in [0.15, 0.2) is 17.3 Å². The first-order valence-electron chi connectivity index (χ1n) is 7.29. The number of carbonyl (C=O) groups excluding carboxylic acids is 1. The summed E-state index contributed by atoms with van der Waals surface area (Å²) in [5.74, 6) is 1.39. The van der Waals surface area contributed by atoms with Crippen LogP contribution in [-0.2, 0) is 4.79 Å². The number of hydrogen-bond donors (Lipinski definition) is 1. The van der Waals surface area contributed by atoms with Crippen molar-refractivity contribution in [2.24, 2.45) is 11.0 Å². The van der Waals surface area contributed by atoms with Gasteiger partial charge in [0, 0.05) is 19.2 Å². The van der Waals surface area contributed by atoms with E-state index < -0.39 is 0 Å². The van der Waals surface area contributed by atoms with Gasteiger partial charge in [0.15, 0.2) is 0 Å². The van der Waals surface area contributed by atoms with E-state index in [9.17, 15) is 4.79 Å². The van der Waals surface area contributed by atoms with Gasteiger partial charge in [-0.15, -0.1) is 0 Å². The molecule has 0 fully saturated rings. The number of amidine groups is 1. The number of nitrogens with zero attached hydrogens (tertiary/aromatic N) is 3. The lowest BCUT2D eigenvalue weighted by molar-refractivity contribution is -0.117. The number of carbonyl (C=O) groups is 1. The van der Waals surface area contributed by atoms with E-state index in [0.717, 1.165) is 5.84 Å². The van der Waals surface area contributed by atoms with Crippen molar-refractivity contribution in [3.05, 3.63) is 12.2 Å². The van der Waals surface area contributed by atoms with E-state index in [0.29, 0.717) is 5.92 Å². The van der Waals surface area contributed by atoms with Crippen LogP contribution in [0.1, 0.15) is 41.5 Å². The summed E-state index contributed by atoms with van der Waals surface area (Å²) in [6.07, 6.45) is 3.72. The number of amides is 1. The summed E-state index contributed by atoms with van der Waals surface area (Å²) in [7, 11) is 2.02. The predicted octanol–water partition coefficient (Wildman–Crippen LogP) is 2.02. The minimum absolute atomic E-state index is 0.0426. The van der Waals surface area contributed by atoms with Gasteiger partial charge in [0.2, 0.25) is 5.91 Å². The van der Waals surface area contributed by atoms with Gasteiger partial charge in [-0.05, 0) is 33.6 Å². The van der Waals surface area contributed by atoms with Gasteiger partial charge in [-0.25, -0.2) is 0 Å². The summed E-state index contributed by atoms with van der Waals surface area (Å²) in [5, 5.41) is 9.48. The fourth-order valence-electron chi connectivity index (χ4n) is 1.95. The molecule has 0 spiro atoms. The molecule has 0 aromatic rings. The molecule has 1 N–H and O–H groups in total. The van der Waals surface area contributed by atoms with Crippen molar-refractivity contribution in [2.75, 3.05) is 7.05 Å². The first kappa shape index (κ1) is 16.5. The lowest BCUT2D eigenvalue weighted by Gasteiger charge is -2.28. The van der Waals surface area contributed by atoms with Gasteiger partial charge in [0.1, 0.15) is 12.0 Å². The highest BCUT2D eigenvalue weighted by Crippen LogP contribution is 2.17. The fourth-order valence-corrected chi connectivity index (χ4v) is 1.95. The third kappa shape index (κ3) is 3.99. The summed E-state index contributed by atoms with van der Waals surface area (Å²) >= 11 is 0. The van der Waals surface area contributed by atoms with Gasteiger partial charge in [0.05, 0.1) is 6.04 Å². The number of nitrogens with one attached hydrogen (secondary N) is 1. The van der Waals surface area contributed by atoms with E-state index in [1.54, 1.807) is 6.08 Å². The molecule has 5 nitrogen and oxygen atoms in total. The SMILES string of the molecule is CC1=NN(C(C)/C=C\C(=O)NC(C)C(C)C)C(C)N1C. The molecule has 1 aliphatic heterocycles. The molecule has 0 bridgehead atoms. The molecule has 0 saturated carbocycles. The third-order valence-electron chi connectivity index (χ3n) is 4.03. The van der Waals surface area contributed by atoms with Crippen molar-refractivity contribution in [1.82, 2.24) is 15.2 Å². The van der Waals surface area contributed by atoms with Crippen LogP contribution < -0.4 is 5.32 Å². The maximum absolute atomic E-state index is 11.8. The van der Waals surface area contributed by atoms with Crippen LogP contribution >= 0.6 is 0 Å². The summed E-state index contributed by atoms with van der Waals surface area (Å²) in [4.78, 5) is 13.9. The third-order valence-corrected chi connectivity index (χ3v) is 4.03. The largest absolute Gasteiger partial charge is 0.350 e. The van der Waals surface area contributed by atoms with Crippen molar-refractivity contribution in [3.8, 4) is 0 Å². The van der Waals surface area contributed by atoms with Crippen LogP contribution in [0.3, 0.4) is 0 Å². The number of hydrogen-bond acceptors (Lipinski definition) is 4. The molecular formula is C15H28N4O. The van der Waals surface area contributed by atoms with E-state index >= 15 is 0 Å². The average Bonchev–Trinajstić information content (AvgIpc) is 2.63. The van der Waals surface area contributed by atoms with Gasteiger partial charge in [0.25, 0.3) is 0 Å². The van der Waals surface area contributed by atoms with Crippen molar-refractivity contribution in [1.29, 1.82) is 0 Å². The summed E-state index contributed by atoms with van der Waals surface area (Å²) in [5.41, 5.74) is 0. The van der Waals surface area contributed by atoms with Gasteiger partial charge in [-0.3, -0.25) is 9.80 Å². The zero-order valence-electron chi connectivity index (χ0n) is 13.7. The Balaban J connectivity index is 2.56. The average molecular weight is 280 g/mol. The molecule has 20 heavy (non-hydrogen) atoms. The molecule has 1 rings (SSSR count).